The minimum Gasteiger partial charge on any atom is -0.314 e. The minimum atomic E-state index is -0.622. The molecule has 3 heteroatoms. The van der Waals surface area contributed by atoms with Gasteiger partial charge in [0.05, 0.1) is 6.07 Å². The second-order valence-corrected chi connectivity index (χ2v) is 3.26. The SMILES string of the molecule is CSCC[C@](C)(N)C#N. The number of rotatable bonds is 3. The largest absolute Gasteiger partial charge is 0.314 e. The van der Waals surface area contributed by atoms with Crippen LogP contribution in [0, 0.1) is 11.3 Å². The van der Waals surface area contributed by atoms with Crippen LogP contribution in [0.3, 0.4) is 0 Å². The van der Waals surface area contributed by atoms with Crippen molar-refractivity contribution in [3.05, 3.63) is 0 Å². The zero-order valence-electron chi connectivity index (χ0n) is 5.85. The van der Waals surface area contributed by atoms with Gasteiger partial charge in [-0.15, -0.1) is 0 Å². The molecule has 2 N–H and O–H groups in total. The highest BCUT2D eigenvalue weighted by molar-refractivity contribution is 7.98. The number of hydrogen-bond donors (Lipinski definition) is 1. The first-order chi connectivity index (χ1) is 4.12. The van der Waals surface area contributed by atoms with Crippen molar-refractivity contribution in [2.24, 2.45) is 5.73 Å². The molecule has 0 aromatic rings. The molecule has 0 rings (SSSR count). The Morgan fingerprint density at radius 1 is 1.78 bits per heavy atom. The average molecular weight is 144 g/mol. The van der Waals surface area contributed by atoms with Crippen LogP contribution in [0.25, 0.3) is 0 Å². The Morgan fingerprint density at radius 3 is 2.67 bits per heavy atom. The molecule has 0 spiro atoms. The van der Waals surface area contributed by atoms with Gasteiger partial charge in [-0.05, 0) is 25.4 Å². The lowest BCUT2D eigenvalue weighted by molar-refractivity contribution is 0.583. The summed E-state index contributed by atoms with van der Waals surface area (Å²) in [6.45, 7) is 1.75. The first-order valence-electron chi connectivity index (χ1n) is 2.81. The molecule has 0 fully saturated rings. The molecule has 9 heavy (non-hydrogen) atoms. The monoisotopic (exact) mass is 144 g/mol. The van der Waals surface area contributed by atoms with Crippen molar-refractivity contribution in [2.75, 3.05) is 12.0 Å². The van der Waals surface area contributed by atoms with Gasteiger partial charge in [0.1, 0.15) is 5.54 Å². The topological polar surface area (TPSA) is 49.8 Å². The lowest BCUT2D eigenvalue weighted by atomic mass is 10.0. The van der Waals surface area contributed by atoms with Gasteiger partial charge in [-0.2, -0.15) is 17.0 Å². The van der Waals surface area contributed by atoms with Gasteiger partial charge < -0.3 is 5.73 Å². The fourth-order valence-corrected chi connectivity index (χ4v) is 0.998. The van der Waals surface area contributed by atoms with Crippen molar-refractivity contribution < 1.29 is 0 Å². The molecule has 2 nitrogen and oxygen atoms in total. The first-order valence-corrected chi connectivity index (χ1v) is 4.21. The van der Waals surface area contributed by atoms with Crippen molar-refractivity contribution in [3.8, 4) is 6.07 Å². The van der Waals surface area contributed by atoms with Gasteiger partial charge in [-0.3, -0.25) is 0 Å². The zero-order chi connectivity index (χ0) is 7.33. The predicted octanol–water partition coefficient (Wildman–Crippen LogP) is 0.980. The normalized spacial score (nSPS) is 16.2. The summed E-state index contributed by atoms with van der Waals surface area (Å²) < 4.78 is 0. The van der Waals surface area contributed by atoms with Crippen molar-refractivity contribution in [1.82, 2.24) is 0 Å². The molecule has 0 saturated heterocycles. The molecule has 1 atom stereocenters. The molecule has 0 heterocycles. The van der Waals surface area contributed by atoms with Crippen LogP contribution in [-0.4, -0.2) is 17.5 Å². The van der Waals surface area contributed by atoms with Crippen LogP contribution in [-0.2, 0) is 0 Å². The van der Waals surface area contributed by atoms with E-state index in [2.05, 4.69) is 0 Å². The van der Waals surface area contributed by atoms with Crippen molar-refractivity contribution >= 4 is 11.8 Å². The Bertz CT molecular complexity index is 115. The van der Waals surface area contributed by atoms with E-state index in [9.17, 15) is 0 Å². The van der Waals surface area contributed by atoms with Crippen LogP contribution < -0.4 is 5.73 Å². The highest BCUT2D eigenvalue weighted by Gasteiger charge is 2.15. The quantitative estimate of drug-likeness (QED) is 0.642. The van der Waals surface area contributed by atoms with E-state index in [1.54, 1.807) is 18.7 Å². The summed E-state index contributed by atoms with van der Waals surface area (Å²) >= 11 is 1.71. The van der Waals surface area contributed by atoms with E-state index in [0.717, 1.165) is 12.2 Å². The molecular weight excluding hydrogens is 132 g/mol. The van der Waals surface area contributed by atoms with Crippen LogP contribution in [0.15, 0.2) is 0 Å². The summed E-state index contributed by atoms with van der Waals surface area (Å²) in [4.78, 5) is 0. The van der Waals surface area contributed by atoms with Gasteiger partial charge in [0.25, 0.3) is 0 Å². The Kier molecular flexibility index (Phi) is 3.67. The van der Waals surface area contributed by atoms with Crippen molar-refractivity contribution in [2.45, 2.75) is 18.9 Å². The number of thioether (sulfide) groups is 1. The van der Waals surface area contributed by atoms with Gasteiger partial charge in [0.15, 0.2) is 0 Å². The zero-order valence-corrected chi connectivity index (χ0v) is 6.66. The highest BCUT2D eigenvalue weighted by atomic mass is 32.2. The maximum absolute atomic E-state index is 8.44. The van der Waals surface area contributed by atoms with Gasteiger partial charge in [0.2, 0.25) is 0 Å². The molecule has 0 radical (unpaired) electrons. The smallest absolute Gasteiger partial charge is 0.102 e. The molecule has 0 aliphatic carbocycles. The Morgan fingerprint density at radius 2 is 2.33 bits per heavy atom. The second-order valence-electron chi connectivity index (χ2n) is 2.27. The summed E-state index contributed by atoms with van der Waals surface area (Å²) in [5, 5.41) is 8.44. The predicted molar refractivity (Wildman–Crippen MR) is 41.2 cm³/mol. The molecule has 0 unspecified atom stereocenters. The van der Waals surface area contributed by atoms with Crippen molar-refractivity contribution in [3.63, 3.8) is 0 Å². The van der Waals surface area contributed by atoms with Gasteiger partial charge >= 0.3 is 0 Å². The summed E-state index contributed by atoms with van der Waals surface area (Å²) in [5.41, 5.74) is 4.91. The van der Waals surface area contributed by atoms with E-state index >= 15 is 0 Å². The van der Waals surface area contributed by atoms with Crippen LogP contribution in [0.1, 0.15) is 13.3 Å². The third kappa shape index (κ3) is 4.31. The maximum atomic E-state index is 8.44. The van der Waals surface area contributed by atoms with Gasteiger partial charge in [-0.1, -0.05) is 0 Å². The molecular formula is C6H12N2S. The Labute approximate surface area is 60.4 Å². The summed E-state index contributed by atoms with van der Waals surface area (Å²) in [6.07, 6.45) is 2.78. The van der Waals surface area contributed by atoms with Crippen molar-refractivity contribution in [1.29, 1.82) is 5.26 Å². The number of hydrogen-bond acceptors (Lipinski definition) is 3. The third-order valence-corrected chi connectivity index (χ3v) is 1.69. The first kappa shape index (κ1) is 8.80. The minimum absolute atomic E-state index is 0.622. The Balaban J connectivity index is 3.49. The van der Waals surface area contributed by atoms with Crippen LogP contribution in [0.4, 0.5) is 0 Å². The van der Waals surface area contributed by atoms with Crippen LogP contribution >= 0.6 is 11.8 Å². The summed E-state index contributed by atoms with van der Waals surface area (Å²) in [6, 6.07) is 2.04. The summed E-state index contributed by atoms with van der Waals surface area (Å²) in [5.74, 6) is 0.959. The lowest BCUT2D eigenvalue weighted by Gasteiger charge is -2.12. The van der Waals surface area contributed by atoms with E-state index < -0.39 is 5.54 Å². The second kappa shape index (κ2) is 3.76. The maximum Gasteiger partial charge on any atom is 0.102 e. The third-order valence-electron chi connectivity index (χ3n) is 1.08. The molecule has 0 aliphatic heterocycles. The standard InChI is InChI=1S/C6H12N2S/c1-6(8,5-7)3-4-9-2/h3-4,8H2,1-2H3/t6-/m0/s1. The van der Waals surface area contributed by atoms with Crippen LogP contribution in [0.5, 0.6) is 0 Å². The fourth-order valence-electron chi connectivity index (χ4n) is 0.370. The average Bonchev–Trinajstić information content (AvgIpc) is 1.84. The fraction of sp³-hybridized carbons (Fsp3) is 0.833. The summed E-state index contributed by atoms with van der Waals surface area (Å²) in [7, 11) is 0. The number of nitriles is 1. The highest BCUT2D eigenvalue weighted by Crippen LogP contribution is 2.07. The molecule has 0 aromatic carbocycles. The van der Waals surface area contributed by atoms with Gasteiger partial charge in [0, 0.05) is 0 Å². The number of nitrogens with two attached hydrogens (primary N) is 1. The van der Waals surface area contributed by atoms with E-state index in [1.807, 2.05) is 12.3 Å². The molecule has 0 aromatic heterocycles. The van der Waals surface area contributed by atoms with Crippen LogP contribution in [0.2, 0.25) is 0 Å². The molecule has 0 amide bonds. The molecule has 0 aliphatic rings. The lowest BCUT2D eigenvalue weighted by Crippen LogP contribution is -2.34. The molecule has 52 valence electrons. The van der Waals surface area contributed by atoms with E-state index in [4.69, 9.17) is 11.0 Å². The van der Waals surface area contributed by atoms with Gasteiger partial charge in [-0.25, -0.2) is 0 Å². The molecule has 0 bridgehead atoms. The molecule has 0 saturated carbocycles. The number of nitrogens with zero attached hydrogens (tertiary/aromatic N) is 1. The van der Waals surface area contributed by atoms with E-state index in [1.165, 1.54) is 0 Å². The van der Waals surface area contributed by atoms with E-state index in [0.29, 0.717) is 0 Å². The Hall–Kier alpha value is -0.200. The van der Waals surface area contributed by atoms with E-state index in [-0.39, 0.29) is 0 Å².